The molecule has 0 spiro atoms. The Morgan fingerprint density at radius 3 is 2.62 bits per heavy atom. The van der Waals surface area contributed by atoms with Crippen LogP contribution in [0.5, 0.6) is 0 Å². The summed E-state index contributed by atoms with van der Waals surface area (Å²) in [6, 6.07) is 0.389. The normalized spacial score (nSPS) is 38.6. The number of nitrogens with two attached hydrogens (primary N) is 1. The quantitative estimate of drug-likeness (QED) is 0.767. The summed E-state index contributed by atoms with van der Waals surface area (Å²) in [4.78, 5) is 14.1. The van der Waals surface area contributed by atoms with Crippen LogP contribution in [-0.2, 0) is 4.79 Å². The standard InChI is InChI=1S/C13H22N2O/c14-12-4-3-10-7-15(8-11(10)6-12)13(16)5-9-1-2-9/h9-12H,1-8,14H2/t10-,11+,12?/m1/s1. The first-order valence-corrected chi connectivity index (χ1v) is 6.75. The molecule has 16 heavy (non-hydrogen) atoms. The monoisotopic (exact) mass is 222 g/mol. The average molecular weight is 222 g/mol. The molecule has 2 aliphatic carbocycles. The molecule has 3 aliphatic rings. The molecule has 3 nitrogen and oxygen atoms in total. The van der Waals surface area contributed by atoms with Crippen molar-refractivity contribution in [1.82, 2.24) is 4.90 Å². The molecule has 1 saturated heterocycles. The van der Waals surface area contributed by atoms with Gasteiger partial charge < -0.3 is 10.6 Å². The molecule has 0 aromatic heterocycles. The highest BCUT2D eigenvalue weighted by atomic mass is 16.2. The van der Waals surface area contributed by atoms with E-state index in [1.54, 1.807) is 0 Å². The van der Waals surface area contributed by atoms with Crippen molar-refractivity contribution in [2.24, 2.45) is 23.5 Å². The Balaban J connectivity index is 1.56. The van der Waals surface area contributed by atoms with Gasteiger partial charge in [0.05, 0.1) is 0 Å². The SMILES string of the molecule is NC1CC[C@@H]2CN(C(=O)CC3CC3)C[C@@H]2C1. The lowest BCUT2D eigenvalue weighted by Gasteiger charge is -2.27. The second kappa shape index (κ2) is 4.02. The molecule has 2 N–H and O–H groups in total. The molecule has 3 rings (SSSR count). The minimum absolute atomic E-state index is 0.389. The van der Waals surface area contributed by atoms with Crippen molar-refractivity contribution in [3.63, 3.8) is 0 Å². The third kappa shape index (κ3) is 2.10. The van der Waals surface area contributed by atoms with E-state index in [0.29, 0.717) is 17.9 Å². The topological polar surface area (TPSA) is 46.3 Å². The number of amides is 1. The summed E-state index contributed by atoms with van der Waals surface area (Å²) in [7, 11) is 0. The molecule has 1 heterocycles. The van der Waals surface area contributed by atoms with Gasteiger partial charge in [-0.1, -0.05) is 0 Å². The lowest BCUT2D eigenvalue weighted by Crippen LogP contribution is -2.32. The molecule has 3 atom stereocenters. The molecule has 0 bridgehead atoms. The van der Waals surface area contributed by atoms with Crippen LogP contribution in [0.1, 0.15) is 38.5 Å². The molecule has 1 unspecified atom stereocenters. The molecule has 2 saturated carbocycles. The highest BCUT2D eigenvalue weighted by Gasteiger charge is 2.39. The number of fused-ring (bicyclic) bond motifs is 1. The van der Waals surface area contributed by atoms with E-state index in [9.17, 15) is 4.79 Å². The van der Waals surface area contributed by atoms with Gasteiger partial charge in [0, 0.05) is 25.6 Å². The van der Waals surface area contributed by atoms with Crippen LogP contribution >= 0.6 is 0 Å². The van der Waals surface area contributed by atoms with Crippen molar-refractivity contribution in [3.8, 4) is 0 Å². The molecule has 3 heteroatoms. The maximum absolute atomic E-state index is 12.0. The average Bonchev–Trinajstić information content (AvgIpc) is 2.95. The summed E-state index contributed by atoms with van der Waals surface area (Å²) in [5.41, 5.74) is 6.00. The number of nitrogens with zero attached hydrogens (tertiary/aromatic N) is 1. The second-order valence-electron chi connectivity index (χ2n) is 6.04. The van der Waals surface area contributed by atoms with E-state index in [-0.39, 0.29) is 0 Å². The molecule has 0 radical (unpaired) electrons. The Hall–Kier alpha value is -0.570. The largest absolute Gasteiger partial charge is 0.342 e. The maximum Gasteiger partial charge on any atom is 0.222 e. The zero-order valence-electron chi connectivity index (χ0n) is 9.90. The van der Waals surface area contributed by atoms with Crippen molar-refractivity contribution in [1.29, 1.82) is 0 Å². The van der Waals surface area contributed by atoms with Gasteiger partial charge in [-0.05, 0) is 49.9 Å². The Kier molecular flexibility index (Phi) is 2.66. The zero-order valence-corrected chi connectivity index (χ0v) is 9.90. The van der Waals surface area contributed by atoms with Crippen molar-refractivity contribution >= 4 is 5.91 Å². The smallest absolute Gasteiger partial charge is 0.222 e. The number of hydrogen-bond donors (Lipinski definition) is 1. The molecular formula is C13H22N2O. The third-order valence-electron chi connectivity index (χ3n) is 4.60. The van der Waals surface area contributed by atoms with Gasteiger partial charge in [-0.3, -0.25) is 4.79 Å². The first-order chi connectivity index (χ1) is 7.72. The van der Waals surface area contributed by atoms with Gasteiger partial charge in [-0.2, -0.15) is 0 Å². The van der Waals surface area contributed by atoms with E-state index in [0.717, 1.165) is 44.2 Å². The van der Waals surface area contributed by atoms with Crippen LogP contribution in [0.2, 0.25) is 0 Å². The number of rotatable bonds is 2. The lowest BCUT2D eigenvalue weighted by atomic mass is 9.79. The number of carbonyl (C=O) groups is 1. The van der Waals surface area contributed by atoms with E-state index >= 15 is 0 Å². The van der Waals surface area contributed by atoms with Gasteiger partial charge >= 0.3 is 0 Å². The summed E-state index contributed by atoms with van der Waals surface area (Å²) in [6.07, 6.45) is 6.89. The molecular weight excluding hydrogens is 200 g/mol. The highest BCUT2D eigenvalue weighted by molar-refractivity contribution is 5.77. The molecule has 0 aromatic rings. The fourth-order valence-corrected chi connectivity index (χ4v) is 3.37. The van der Waals surface area contributed by atoms with Crippen LogP contribution in [0, 0.1) is 17.8 Å². The number of hydrogen-bond acceptors (Lipinski definition) is 2. The van der Waals surface area contributed by atoms with Gasteiger partial charge in [0.2, 0.25) is 5.91 Å². The van der Waals surface area contributed by atoms with E-state index in [4.69, 9.17) is 5.73 Å². The maximum atomic E-state index is 12.0. The van der Waals surface area contributed by atoms with Crippen LogP contribution in [0.15, 0.2) is 0 Å². The molecule has 1 amide bonds. The lowest BCUT2D eigenvalue weighted by molar-refractivity contribution is -0.130. The summed E-state index contributed by atoms with van der Waals surface area (Å²) >= 11 is 0. The van der Waals surface area contributed by atoms with Crippen LogP contribution in [0.3, 0.4) is 0 Å². The predicted molar refractivity (Wildman–Crippen MR) is 62.7 cm³/mol. The summed E-state index contributed by atoms with van der Waals surface area (Å²) < 4.78 is 0. The van der Waals surface area contributed by atoms with Crippen LogP contribution < -0.4 is 5.73 Å². The fourth-order valence-electron chi connectivity index (χ4n) is 3.37. The van der Waals surface area contributed by atoms with Crippen LogP contribution in [0.4, 0.5) is 0 Å². The molecule has 1 aliphatic heterocycles. The Morgan fingerprint density at radius 1 is 1.12 bits per heavy atom. The van der Waals surface area contributed by atoms with Crippen LogP contribution in [-0.4, -0.2) is 29.9 Å². The molecule has 3 fully saturated rings. The van der Waals surface area contributed by atoms with Crippen molar-refractivity contribution in [2.75, 3.05) is 13.1 Å². The minimum atomic E-state index is 0.389. The Labute approximate surface area is 97.4 Å². The molecule has 90 valence electrons. The van der Waals surface area contributed by atoms with Gasteiger partial charge in [-0.15, -0.1) is 0 Å². The minimum Gasteiger partial charge on any atom is -0.342 e. The first-order valence-electron chi connectivity index (χ1n) is 6.75. The molecule has 0 aromatic carbocycles. The van der Waals surface area contributed by atoms with Crippen molar-refractivity contribution in [2.45, 2.75) is 44.6 Å². The number of carbonyl (C=O) groups excluding carboxylic acids is 1. The van der Waals surface area contributed by atoms with Crippen molar-refractivity contribution < 1.29 is 4.79 Å². The highest BCUT2D eigenvalue weighted by Crippen LogP contribution is 2.38. The van der Waals surface area contributed by atoms with Gasteiger partial charge in [0.25, 0.3) is 0 Å². The summed E-state index contributed by atoms with van der Waals surface area (Å²) in [5.74, 6) is 2.58. The van der Waals surface area contributed by atoms with E-state index in [1.165, 1.54) is 19.3 Å². The van der Waals surface area contributed by atoms with Crippen molar-refractivity contribution in [3.05, 3.63) is 0 Å². The van der Waals surface area contributed by atoms with E-state index in [2.05, 4.69) is 4.90 Å². The van der Waals surface area contributed by atoms with Gasteiger partial charge in [0.15, 0.2) is 0 Å². The predicted octanol–water partition coefficient (Wildman–Crippen LogP) is 1.37. The Morgan fingerprint density at radius 2 is 1.88 bits per heavy atom. The fraction of sp³-hybridized carbons (Fsp3) is 0.923. The zero-order chi connectivity index (χ0) is 11.1. The first kappa shape index (κ1) is 10.6. The third-order valence-corrected chi connectivity index (χ3v) is 4.60. The summed E-state index contributed by atoms with van der Waals surface area (Å²) in [5, 5.41) is 0. The van der Waals surface area contributed by atoms with Crippen LogP contribution in [0.25, 0.3) is 0 Å². The van der Waals surface area contributed by atoms with E-state index < -0.39 is 0 Å². The van der Waals surface area contributed by atoms with E-state index in [1.807, 2.05) is 0 Å². The Bertz CT molecular complexity index is 288. The number of likely N-dealkylation sites (tertiary alicyclic amines) is 1. The van der Waals surface area contributed by atoms with Gasteiger partial charge in [0.1, 0.15) is 0 Å². The van der Waals surface area contributed by atoms with Gasteiger partial charge in [-0.25, -0.2) is 0 Å². The summed E-state index contributed by atoms with van der Waals surface area (Å²) in [6.45, 7) is 2.01. The second-order valence-corrected chi connectivity index (χ2v) is 6.04.